The molecule has 3 N–H and O–H groups in total. The van der Waals surface area contributed by atoms with E-state index in [0.717, 1.165) is 11.1 Å². The maximum Gasteiger partial charge on any atom is 0.238 e. The molecule has 0 saturated heterocycles. The van der Waals surface area contributed by atoms with Crippen molar-refractivity contribution in [3.63, 3.8) is 0 Å². The number of sulfonamides is 1. The van der Waals surface area contributed by atoms with Crippen molar-refractivity contribution >= 4 is 33.4 Å². The predicted octanol–water partition coefficient (Wildman–Crippen LogP) is 3.21. The Morgan fingerprint density at radius 1 is 1.26 bits per heavy atom. The number of carbonyl (C=O) groups is 1. The van der Waals surface area contributed by atoms with Crippen LogP contribution in [0, 0.1) is 6.92 Å². The minimum atomic E-state index is -3.78. The molecule has 0 fully saturated rings. The molecule has 1 aromatic heterocycles. The Labute approximate surface area is 185 Å². The van der Waals surface area contributed by atoms with Crippen LogP contribution in [0.3, 0.4) is 0 Å². The van der Waals surface area contributed by atoms with Crippen LogP contribution in [0.2, 0.25) is 0 Å². The van der Waals surface area contributed by atoms with Crippen LogP contribution in [-0.2, 0) is 21.4 Å². The number of hydrogen-bond donors (Lipinski definition) is 2. The number of thioether (sulfide) groups is 1. The fraction of sp³-hybridized carbons (Fsp3) is 0.190. The van der Waals surface area contributed by atoms with Crippen molar-refractivity contribution in [2.45, 2.75) is 35.7 Å². The summed E-state index contributed by atoms with van der Waals surface area (Å²) >= 11 is 1.28. The van der Waals surface area contributed by atoms with Gasteiger partial charge in [0.15, 0.2) is 11.0 Å². The summed E-state index contributed by atoms with van der Waals surface area (Å²) in [6.07, 6.45) is 1.75. The monoisotopic (exact) mass is 457 g/mol. The molecular weight excluding hydrogens is 434 g/mol. The molecule has 0 spiro atoms. The molecule has 1 heterocycles. The van der Waals surface area contributed by atoms with Crippen LogP contribution in [0.4, 0.5) is 5.69 Å². The molecule has 0 unspecified atom stereocenters. The Kier molecular flexibility index (Phi) is 6.94. The zero-order valence-electron chi connectivity index (χ0n) is 17.1. The highest BCUT2D eigenvalue weighted by Gasteiger charge is 2.21. The van der Waals surface area contributed by atoms with Crippen LogP contribution < -0.4 is 10.5 Å². The Hall–Kier alpha value is -2.95. The lowest BCUT2D eigenvalue weighted by Crippen LogP contribution is -2.23. The van der Waals surface area contributed by atoms with Gasteiger partial charge in [-0.15, -0.1) is 16.8 Å². The Morgan fingerprint density at radius 3 is 2.58 bits per heavy atom. The van der Waals surface area contributed by atoms with E-state index < -0.39 is 15.3 Å². The number of carbonyl (C=O) groups excluding carboxylic acids is 1. The number of nitrogens with two attached hydrogens (primary N) is 1. The van der Waals surface area contributed by atoms with Crippen molar-refractivity contribution in [3.8, 4) is 11.4 Å². The number of hydrogen-bond acceptors (Lipinski definition) is 6. The van der Waals surface area contributed by atoms with Gasteiger partial charge in [0.1, 0.15) is 0 Å². The van der Waals surface area contributed by atoms with Gasteiger partial charge in [-0.2, -0.15) is 0 Å². The summed E-state index contributed by atoms with van der Waals surface area (Å²) in [5, 5.41) is 16.6. The van der Waals surface area contributed by atoms with Gasteiger partial charge >= 0.3 is 0 Å². The number of rotatable bonds is 8. The number of aryl methyl sites for hydroxylation is 1. The molecule has 8 nitrogen and oxygen atoms in total. The maximum absolute atomic E-state index is 12.6. The van der Waals surface area contributed by atoms with Crippen LogP contribution in [0.15, 0.2) is 71.2 Å². The fourth-order valence-corrected chi connectivity index (χ4v) is 4.22. The topological polar surface area (TPSA) is 120 Å². The van der Waals surface area contributed by atoms with E-state index in [4.69, 9.17) is 5.14 Å². The van der Waals surface area contributed by atoms with Crippen molar-refractivity contribution in [3.05, 3.63) is 66.7 Å². The van der Waals surface area contributed by atoms with Crippen LogP contribution in [-0.4, -0.2) is 34.3 Å². The van der Waals surface area contributed by atoms with E-state index in [2.05, 4.69) is 22.1 Å². The first-order chi connectivity index (χ1) is 14.7. The maximum atomic E-state index is 12.6. The second-order valence-corrected chi connectivity index (χ2v) is 9.76. The van der Waals surface area contributed by atoms with E-state index in [1.165, 1.54) is 36.0 Å². The van der Waals surface area contributed by atoms with E-state index in [1.807, 2.05) is 35.8 Å². The molecule has 162 valence electrons. The largest absolute Gasteiger partial charge is 0.325 e. The summed E-state index contributed by atoms with van der Waals surface area (Å²) < 4.78 is 24.6. The smallest absolute Gasteiger partial charge is 0.238 e. The van der Waals surface area contributed by atoms with E-state index >= 15 is 0 Å². The molecule has 3 rings (SSSR count). The van der Waals surface area contributed by atoms with Gasteiger partial charge in [0.25, 0.3) is 0 Å². The molecule has 10 heteroatoms. The van der Waals surface area contributed by atoms with Crippen molar-refractivity contribution in [2.75, 3.05) is 5.32 Å². The number of benzene rings is 2. The number of anilines is 1. The normalized spacial score (nSPS) is 12.4. The lowest BCUT2D eigenvalue weighted by atomic mass is 10.1. The Morgan fingerprint density at radius 2 is 1.97 bits per heavy atom. The number of amides is 1. The van der Waals surface area contributed by atoms with E-state index in [0.29, 0.717) is 23.2 Å². The zero-order chi connectivity index (χ0) is 22.6. The summed E-state index contributed by atoms with van der Waals surface area (Å²) in [4.78, 5) is 12.6. The minimum Gasteiger partial charge on any atom is -0.325 e. The van der Waals surface area contributed by atoms with Gasteiger partial charge in [0.05, 0.1) is 10.1 Å². The first-order valence-electron chi connectivity index (χ1n) is 9.40. The zero-order valence-corrected chi connectivity index (χ0v) is 18.8. The molecule has 3 aromatic rings. The molecule has 0 radical (unpaired) electrons. The number of allylic oxidation sites excluding steroid dienone is 1. The Balaban J connectivity index is 1.75. The van der Waals surface area contributed by atoms with E-state index in [1.54, 1.807) is 13.0 Å². The third-order valence-corrected chi connectivity index (χ3v) is 6.42. The average Bonchev–Trinajstić information content (AvgIpc) is 3.10. The van der Waals surface area contributed by atoms with Crippen molar-refractivity contribution < 1.29 is 13.2 Å². The number of nitrogens with zero attached hydrogens (tertiary/aromatic N) is 3. The molecule has 0 bridgehead atoms. The van der Waals surface area contributed by atoms with E-state index in [-0.39, 0.29) is 10.8 Å². The number of primary sulfonamides is 1. The standard InChI is InChI=1S/C21H23N5O3S2/c1-4-12-26-19(16-7-5-6-14(2)13-16)24-25-21(26)30-15(3)20(27)23-17-8-10-18(11-9-17)31(22,28)29/h4-11,13,15H,1,12H2,2-3H3,(H,23,27)(H2,22,28,29)/t15-/m1/s1. The van der Waals surface area contributed by atoms with Crippen LogP contribution in [0.1, 0.15) is 12.5 Å². The molecule has 0 aliphatic heterocycles. The second kappa shape index (κ2) is 9.46. The summed E-state index contributed by atoms with van der Waals surface area (Å²) in [7, 11) is -3.78. The van der Waals surface area contributed by atoms with E-state index in [9.17, 15) is 13.2 Å². The molecule has 0 saturated carbocycles. The average molecular weight is 458 g/mol. The van der Waals surface area contributed by atoms with Crippen molar-refractivity contribution in [1.29, 1.82) is 0 Å². The minimum absolute atomic E-state index is 0.0193. The van der Waals surface area contributed by atoms with Gasteiger partial charge in [-0.3, -0.25) is 9.36 Å². The molecule has 2 aromatic carbocycles. The molecule has 1 atom stereocenters. The highest BCUT2D eigenvalue weighted by molar-refractivity contribution is 8.00. The molecule has 0 aliphatic carbocycles. The second-order valence-electron chi connectivity index (χ2n) is 6.89. The quantitative estimate of drug-likeness (QED) is 0.396. The van der Waals surface area contributed by atoms with Gasteiger partial charge < -0.3 is 5.32 Å². The van der Waals surface area contributed by atoms with Gasteiger partial charge in [0.2, 0.25) is 15.9 Å². The van der Waals surface area contributed by atoms with Crippen LogP contribution >= 0.6 is 11.8 Å². The third kappa shape index (κ3) is 5.60. The Bertz CT molecular complexity index is 1200. The van der Waals surface area contributed by atoms with Gasteiger partial charge in [-0.05, 0) is 44.2 Å². The van der Waals surface area contributed by atoms with Crippen molar-refractivity contribution in [2.24, 2.45) is 5.14 Å². The van der Waals surface area contributed by atoms with Gasteiger partial charge in [-0.25, -0.2) is 13.6 Å². The molecule has 0 aliphatic rings. The molecule has 31 heavy (non-hydrogen) atoms. The molecule has 1 amide bonds. The van der Waals surface area contributed by atoms with Crippen LogP contribution in [0.5, 0.6) is 0 Å². The molecular formula is C21H23N5O3S2. The first kappa shape index (κ1) is 22.7. The lowest BCUT2D eigenvalue weighted by molar-refractivity contribution is -0.115. The third-order valence-electron chi connectivity index (χ3n) is 4.41. The highest BCUT2D eigenvalue weighted by atomic mass is 32.2. The van der Waals surface area contributed by atoms with Crippen molar-refractivity contribution in [1.82, 2.24) is 14.8 Å². The highest BCUT2D eigenvalue weighted by Crippen LogP contribution is 2.28. The predicted molar refractivity (Wildman–Crippen MR) is 122 cm³/mol. The van der Waals surface area contributed by atoms with Gasteiger partial charge in [-0.1, -0.05) is 41.6 Å². The van der Waals surface area contributed by atoms with Crippen LogP contribution in [0.25, 0.3) is 11.4 Å². The summed E-state index contributed by atoms with van der Waals surface area (Å²) in [6, 6.07) is 13.6. The fourth-order valence-electron chi connectivity index (χ4n) is 2.85. The first-order valence-corrected chi connectivity index (χ1v) is 11.8. The summed E-state index contributed by atoms with van der Waals surface area (Å²) in [6.45, 7) is 8.08. The summed E-state index contributed by atoms with van der Waals surface area (Å²) in [5.74, 6) is 0.455. The number of aromatic nitrogens is 3. The lowest BCUT2D eigenvalue weighted by Gasteiger charge is -2.13. The SMILES string of the molecule is C=CCn1c(S[C@H](C)C(=O)Nc2ccc(S(N)(=O)=O)cc2)nnc1-c1cccc(C)c1. The van der Waals surface area contributed by atoms with Gasteiger partial charge in [0, 0.05) is 17.8 Å². The number of nitrogens with one attached hydrogen (secondary N) is 1. The summed E-state index contributed by atoms with van der Waals surface area (Å²) in [5.41, 5.74) is 2.52.